The molecule has 0 aliphatic carbocycles. The Balaban J connectivity index is 1.82. The second-order valence-corrected chi connectivity index (χ2v) is 6.12. The van der Waals surface area contributed by atoms with Gasteiger partial charge in [-0.15, -0.1) is 10.2 Å². The third-order valence-electron chi connectivity index (χ3n) is 3.45. The first-order valence-electron chi connectivity index (χ1n) is 6.98. The van der Waals surface area contributed by atoms with Crippen molar-refractivity contribution >= 4 is 17.7 Å². The van der Waals surface area contributed by atoms with Crippen LogP contribution >= 0.6 is 11.8 Å². The number of ether oxygens (including phenoxy) is 1. The summed E-state index contributed by atoms with van der Waals surface area (Å²) in [5.41, 5.74) is 0. The summed E-state index contributed by atoms with van der Waals surface area (Å²) in [6.07, 6.45) is 4.01. The Morgan fingerprint density at radius 3 is 3.20 bits per heavy atom. The predicted octanol–water partition coefficient (Wildman–Crippen LogP) is 1.28. The summed E-state index contributed by atoms with van der Waals surface area (Å²) < 4.78 is 6.96. The molecule has 2 heterocycles. The van der Waals surface area contributed by atoms with Gasteiger partial charge in [-0.2, -0.15) is 0 Å². The SMILES string of the molecule is COCCn1cnnc1SCC(=O)N1CCC[C@@H](C)C1. The lowest BCUT2D eigenvalue weighted by molar-refractivity contribution is -0.130. The molecule has 0 aromatic carbocycles. The molecule has 1 aromatic rings. The van der Waals surface area contributed by atoms with Gasteiger partial charge in [-0.1, -0.05) is 18.7 Å². The fraction of sp³-hybridized carbons (Fsp3) is 0.769. The first kappa shape index (κ1) is 15.3. The number of likely N-dealkylation sites (tertiary alicyclic amines) is 1. The number of nitrogens with zero attached hydrogens (tertiary/aromatic N) is 4. The topological polar surface area (TPSA) is 60.2 Å². The van der Waals surface area contributed by atoms with E-state index >= 15 is 0 Å². The number of piperidine rings is 1. The van der Waals surface area contributed by atoms with Crippen LogP contribution < -0.4 is 0 Å². The van der Waals surface area contributed by atoms with Crippen LogP contribution in [0, 0.1) is 5.92 Å². The fourth-order valence-electron chi connectivity index (χ4n) is 2.33. The molecule has 0 unspecified atom stereocenters. The predicted molar refractivity (Wildman–Crippen MR) is 77.6 cm³/mol. The molecule has 0 bridgehead atoms. The Bertz CT molecular complexity index is 438. The summed E-state index contributed by atoms with van der Waals surface area (Å²) in [6, 6.07) is 0. The molecule has 1 atom stereocenters. The van der Waals surface area contributed by atoms with Crippen LogP contribution in [0.25, 0.3) is 0 Å². The monoisotopic (exact) mass is 298 g/mol. The lowest BCUT2D eigenvalue weighted by Crippen LogP contribution is -2.40. The van der Waals surface area contributed by atoms with Gasteiger partial charge in [-0.3, -0.25) is 4.79 Å². The average Bonchev–Trinajstić information content (AvgIpc) is 2.90. The van der Waals surface area contributed by atoms with Crippen molar-refractivity contribution in [3.05, 3.63) is 6.33 Å². The summed E-state index contributed by atoms with van der Waals surface area (Å²) in [7, 11) is 1.66. The molecule has 1 aromatic heterocycles. The van der Waals surface area contributed by atoms with Crippen LogP contribution in [-0.2, 0) is 16.1 Å². The molecule has 0 saturated carbocycles. The van der Waals surface area contributed by atoms with Gasteiger partial charge in [0.05, 0.1) is 12.4 Å². The Labute approximate surface area is 123 Å². The number of carbonyl (C=O) groups is 1. The summed E-state index contributed by atoms with van der Waals surface area (Å²) >= 11 is 1.45. The number of rotatable bonds is 6. The Kier molecular flexibility index (Phi) is 5.85. The normalized spacial score (nSPS) is 19.3. The summed E-state index contributed by atoms with van der Waals surface area (Å²) in [6.45, 7) is 5.30. The van der Waals surface area contributed by atoms with Crippen LogP contribution in [0.4, 0.5) is 0 Å². The first-order valence-corrected chi connectivity index (χ1v) is 7.96. The lowest BCUT2D eigenvalue weighted by Gasteiger charge is -2.30. The second kappa shape index (κ2) is 7.64. The average molecular weight is 298 g/mol. The zero-order chi connectivity index (χ0) is 14.4. The molecule has 0 N–H and O–H groups in total. The highest BCUT2D eigenvalue weighted by molar-refractivity contribution is 7.99. The third kappa shape index (κ3) is 4.21. The van der Waals surface area contributed by atoms with E-state index in [-0.39, 0.29) is 5.91 Å². The maximum Gasteiger partial charge on any atom is 0.233 e. The van der Waals surface area contributed by atoms with Crippen molar-refractivity contribution in [1.29, 1.82) is 0 Å². The lowest BCUT2D eigenvalue weighted by atomic mass is 10.0. The van der Waals surface area contributed by atoms with E-state index in [0.29, 0.717) is 24.8 Å². The number of methoxy groups -OCH3 is 1. The van der Waals surface area contributed by atoms with Crippen molar-refractivity contribution in [3.8, 4) is 0 Å². The second-order valence-electron chi connectivity index (χ2n) is 5.18. The van der Waals surface area contributed by atoms with Crippen LogP contribution in [0.5, 0.6) is 0 Å². The summed E-state index contributed by atoms with van der Waals surface area (Å²) in [5, 5.41) is 8.72. The molecule has 2 rings (SSSR count). The third-order valence-corrected chi connectivity index (χ3v) is 4.42. The van der Waals surface area contributed by atoms with Crippen molar-refractivity contribution < 1.29 is 9.53 Å². The molecule has 112 valence electrons. The summed E-state index contributed by atoms with van der Waals surface area (Å²) in [4.78, 5) is 14.2. The largest absolute Gasteiger partial charge is 0.383 e. The molecule has 0 radical (unpaired) electrons. The van der Waals surface area contributed by atoms with Crippen LogP contribution in [0.2, 0.25) is 0 Å². The number of amides is 1. The van der Waals surface area contributed by atoms with Gasteiger partial charge >= 0.3 is 0 Å². The van der Waals surface area contributed by atoms with E-state index < -0.39 is 0 Å². The molecule has 20 heavy (non-hydrogen) atoms. The number of hydrogen-bond donors (Lipinski definition) is 0. The Morgan fingerprint density at radius 2 is 2.45 bits per heavy atom. The van der Waals surface area contributed by atoms with Gasteiger partial charge < -0.3 is 14.2 Å². The van der Waals surface area contributed by atoms with Crippen molar-refractivity contribution in [2.75, 3.05) is 32.6 Å². The number of hydrogen-bond acceptors (Lipinski definition) is 5. The quantitative estimate of drug-likeness (QED) is 0.740. The van der Waals surface area contributed by atoms with Gasteiger partial charge in [0.1, 0.15) is 6.33 Å². The molecule has 7 heteroatoms. The van der Waals surface area contributed by atoms with Crippen LogP contribution in [-0.4, -0.2) is 58.1 Å². The van der Waals surface area contributed by atoms with E-state index in [1.54, 1.807) is 13.4 Å². The van der Waals surface area contributed by atoms with Gasteiger partial charge in [-0.25, -0.2) is 0 Å². The van der Waals surface area contributed by atoms with Crippen LogP contribution in [0.15, 0.2) is 11.5 Å². The number of thioether (sulfide) groups is 1. The standard InChI is InChI=1S/C13H22N4O2S/c1-11-4-3-5-16(8-11)12(18)9-20-13-15-14-10-17(13)6-7-19-2/h10-11H,3-9H2,1-2H3/t11-/m1/s1. The minimum Gasteiger partial charge on any atom is -0.383 e. The minimum atomic E-state index is 0.197. The van der Waals surface area contributed by atoms with Gasteiger partial charge in [0, 0.05) is 26.7 Å². The van der Waals surface area contributed by atoms with Crippen molar-refractivity contribution in [3.63, 3.8) is 0 Å². The molecule has 0 spiro atoms. The molecule has 1 fully saturated rings. The molecular weight excluding hydrogens is 276 g/mol. The maximum absolute atomic E-state index is 12.2. The van der Waals surface area contributed by atoms with E-state index in [1.165, 1.54) is 18.2 Å². The molecular formula is C13H22N4O2S. The molecule has 1 aliphatic heterocycles. The highest BCUT2D eigenvalue weighted by Crippen LogP contribution is 2.19. The number of carbonyl (C=O) groups excluding carboxylic acids is 1. The van der Waals surface area contributed by atoms with E-state index in [2.05, 4.69) is 17.1 Å². The minimum absolute atomic E-state index is 0.197. The Hall–Kier alpha value is -1.08. The maximum atomic E-state index is 12.2. The molecule has 1 aliphatic rings. The van der Waals surface area contributed by atoms with Gasteiger partial charge in [-0.05, 0) is 18.8 Å². The molecule has 1 amide bonds. The smallest absolute Gasteiger partial charge is 0.233 e. The zero-order valence-electron chi connectivity index (χ0n) is 12.1. The van der Waals surface area contributed by atoms with Crippen LogP contribution in [0.3, 0.4) is 0 Å². The van der Waals surface area contributed by atoms with Gasteiger partial charge in [0.25, 0.3) is 0 Å². The van der Waals surface area contributed by atoms with Crippen molar-refractivity contribution in [2.45, 2.75) is 31.5 Å². The van der Waals surface area contributed by atoms with Gasteiger partial charge in [0.15, 0.2) is 5.16 Å². The highest BCUT2D eigenvalue weighted by atomic mass is 32.2. The Morgan fingerprint density at radius 1 is 1.60 bits per heavy atom. The van der Waals surface area contributed by atoms with Crippen molar-refractivity contribution in [2.24, 2.45) is 5.92 Å². The van der Waals surface area contributed by atoms with Gasteiger partial charge in [0.2, 0.25) is 5.91 Å². The highest BCUT2D eigenvalue weighted by Gasteiger charge is 2.21. The zero-order valence-corrected chi connectivity index (χ0v) is 12.9. The van der Waals surface area contributed by atoms with E-state index in [1.807, 2.05) is 9.47 Å². The van der Waals surface area contributed by atoms with E-state index in [4.69, 9.17) is 4.74 Å². The van der Waals surface area contributed by atoms with Crippen LogP contribution in [0.1, 0.15) is 19.8 Å². The number of aromatic nitrogens is 3. The van der Waals surface area contributed by atoms with E-state index in [9.17, 15) is 4.79 Å². The molecule has 1 saturated heterocycles. The van der Waals surface area contributed by atoms with Crippen molar-refractivity contribution in [1.82, 2.24) is 19.7 Å². The van der Waals surface area contributed by atoms with E-state index in [0.717, 1.165) is 24.7 Å². The summed E-state index contributed by atoms with van der Waals surface area (Å²) in [5.74, 6) is 1.24. The molecule has 6 nitrogen and oxygen atoms in total. The first-order chi connectivity index (χ1) is 9.70. The fourth-order valence-corrected chi connectivity index (χ4v) is 3.18.